The van der Waals surface area contributed by atoms with E-state index in [0.717, 1.165) is 18.6 Å². The summed E-state index contributed by atoms with van der Waals surface area (Å²) in [5.41, 5.74) is 0.545. The van der Waals surface area contributed by atoms with Gasteiger partial charge in [0.15, 0.2) is 5.69 Å². The summed E-state index contributed by atoms with van der Waals surface area (Å²) in [5.74, 6) is 1.81. The van der Waals surface area contributed by atoms with Crippen LogP contribution in [0.4, 0.5) is 0 Å². The number of rotatable bonds is 6. The molecule has 1 saturated carbocycles. The second-order valence-electron chi connectivity index (χ2n) is 5.78. The molecule has 0 radical (unpaired) electrons. The van der Waals surface area contributed by atoms with Gasteiger partial charge in [-0.2, -0.15) is 10.1 Å². The van der Waals surface area contributed by atoms with Crippen molar-refractivity contribution in [3.8, 4) is 11.5 Å². The summed E-state index contributed by atoms with van der Waals surface area (Å²) in [4.78, 5) is 16.3. The minimum Gasteiger partial charge on any atom is -0.360 e. The lowest BCUT2D eigenvalue weighted by molar-refractivity contribution is -0.124. The molecule has 3 aromatic rings. The largest absolute Gasteiger partial charge is 0.360 e. The molecular weight excluding hydrogens is 312 g/mol. The Hall–Kier alpha value is -2.97. The monoisotopic (exact) mass is 328 g/mol. The van der Waals surface area contributed by atoms with Gasteiger partial charge in [0.1, 0.15) is 11.8 Å². The number of amides is 1. The number of carbonyl (C=O) groups is 1. The molecule has 0 spiro atoms. The Morgan fingerprint density at radius 3 is 3.04 bits per heavy atom. The highest BCUT2D eigenvalue weighted by atomic mass is 16.5. The maximum atomic E-state index is 12.1. The third-order valence-electron chi connectivity index (χ3n) is 3.92. The molecule has 0 aromatic carbocycles. The fraction of sp³-hybridized carbons (Fsp3) is 0.400. The molecule has 0 aliphatic heterocycles. The summed E-state index contributed by atoms with van der Waals surface area (Å²) in [7, 11) is 0. The molecular formula is C15H16N6O3. The fourth-order valence-corrected chi connectivity index (χ4v) is 2.33. The van der Waals surface area contributed by atoms with Gasteiger partial charge < -0.3 is 14.4 Å². The smallest absolute Gasteiger partial charge is 0.246 e. The van der Waals surface area contributed by atoms with Crippen LogP contribution in [0.25, 0.3) is 11.5 Å². The molecule has 24 heavy (non-hydrogen) atoms. The van der Waals surface area contributed by atoms with E-state index in [4.69, 9.17) is 9.05 Å². The summed E-state index contributed by atoms with van der Waals surface area (Å²) < 4.78 is 12.0. The first-order valence-electron chi connectivity index (χ1n) is 7.77. The van der Waals surface area contributed by atoms with Crippen LogP contribution in [0.1, 0.15) is 43.4 Å². The van der Waals surface area contributed by atoms with Crippen LogP contribution in [0.3, 0.4) is 0 Å². The van der Waals surface area contributed by atoms with E-state index in [9.17, 15) is 4.79 Å². The van der Waals surface area contributed by atoms with Gasteiger partial charge in [-0.1, -0.05) is 10.3 Å². The van der Waals surface area contributed by atoms with E-state index in [0.29, 0.717) is 23.3 Å². The van der Waals surface area contributed by atoms with Gasteiger partial charge >= 0.3 is 0 Å². The number of carbonyl (C=O) groups excluding carboxylic acids is 1. The number of nitrogens with zero attached hydrogens (tertiary/aromatic N) is 5. The van der Waals surface area contributed by atoms with Crippen LogP contribution in [0.15, 0.2) is 33.6 Å². The highest BCUT2D eigenvalue weighted by Crippen LogP contribution is 2.40. The normalized spacial score (nSPS) is 15.4. The van der Waals surface area contributed by atoms with Crippen LogP contribution < -0.4 is 5.32 Å². The molecule has 1 amide bonds. The van der Waals surface area contributed by atoms with Gasteiger partial charge in [0.05, 0.1) is 6.54 Å². The Balaban J connectivity index is 1.37. The van der Waals surface area contributed by atoms with Gasteiger partial charge in [0, 0.05) is 24.4 Å². The minimum absolute atomic E-state index is 0.144. The molecule has 3 heterocycles. The predicted octanol–water partition coefficient (Wildman–Crippen LogP) is 1.68. The molecule has 1 atom stereocenters. The van der Waals surface area contributed by atoms with E-state index in [1.165, 1.54) is 0 Å². The topological polar surface area (TPSA) is 112 Å². The lowest BCUT2D eigenvalue weighted by Gasteiger charge is -2.11. The van der Waals surface area contributed by atoms with E-state index < -0.39 is 6.04 Å². The van der Waals surface area contributed by atoms with Crippen molar-refractivity contribution in [3.63, 3.8) is 0 Å². The maximum absolute atomic E-state index is 12.1. The average Bonchev–Trinajstić information content (AvgIpc) is 3.05. The van der Waals surface area contributed by atoms with E-state index in [-0.39, 0.29) is 12.5 Å². The van der Waals surface area contributed by atoms with Crippen LogP contribution in [-0.4, -0.2) is 31.0 Å². The third kappa shape index (κ3) is 2.92. The Kier molecular flexibility index (Phi) is 3.60. The van der Waals surface area contributed by atoms with Crippen LogP contribution >= 0.6 is 0 Å². The van der Waals surface area contributed by atoms with Crippen LogP contribution in [0, 0.1) is 0 Å². The van der Waals surface area contributed by atoms with E-state index in [1.54, 1.807) is 30.1 Å². The van der Waals surface area contributed by atoms with Crippen molar-refractivity contribution in [2.24, 2.45) is 0 Å². The molecule has 0 saturated heterocycles. The first-order valence-corrected chi connectivity index (χ1v) is 7.77. The standard InChI is InChI=1S/C15H16N6O3/c1-9(21-6-2-5-17-21)15(22)16-8-13-18-14(20-24-13)11-7-12(23-19-11)10-3-4-10/h2,5-7,9-10H,3-4,8H2,1H3,(H,16,22). The van der Waals surface area contributed by atoms with Crippen LogP contribution in [0.5, 0.6) is 0 Å². The first-order chi connectivity index (χ1) is 11.7. The van der Waals surface area contributed by atoms with Gasteiger partial charge in [-0.3, -0.25) is 9.48 Å². The Morgan fingerprint density at radius 1 is 1.42 bits per heavy atom. The molecule has 0 bridgehead atoms. The molecule has 1 unspecified atom stereocenters. The number of hydrogen-bond donors (Lipinski definition) is 1. The molecule has 1 fully saturated rings. The summed E-state index contributed by atoms with van der Waals surface area (Å²) >= 11 is 0. The molecule has 124 valence electrons. The van der Waals surface area contributed by atoms with E-state index in [2.05, 4.69) is 25.7 Å². The first kappa shape index (κ1) is 14.6. The number of aromatic nitrogens is 5. The summed E-state index contributed by atoms with van der Waals surface area (Å²) in [6.07, 6.45) is 5.62. The highest BCUT2D eigenvalue weighted by Gasteiger charge is 2.28. The molecule has 1 aliphatic carbocycles. The minimum atomic E-state index is -0.418. The van der Waals surface area contributed by atoms with Gasteiger partial charge in [-0.15, -0.1) is 0 Å². The van der Waals surface area contributed by atoms with Crippen molar-refractivity contribution >= 4 is 5.91 Å². The molecule has 9 heteroatoms. The second-order valence-corrected chi connectivity index (χ2v) is 5.78. The number of nitrogens with one attached hydrogen (secondary N) is 1. The van der Waals surface area contributed by atoms with Gasteiger partial charge in [-0.25, -0.2) is 0 Å². The predicted molar refractivity (Wildman–Crippen MR) is 80.6 cm³/mol. The van der Waals surface area contributed by atoms with E-state index >= 15 is 0 Å². The van der Waals surface area contributed by atoms with Gasteiger partial charge in [0.25, 0.3) is 0 Å². The van der Waals surface area contributed by atoms with Gasteiger partial charge in [-0.05, 0) is 25.8 Å². The zero-order valence-corrected chi connectivity index (χ0v) is 13.0. The van der Waals surface area contributed by atoms with Crippen molar-refractivity contribution in [1.29, 1.82) is 0 Å². The summed E-state index contributed by atoms with van der Waals surface area (Å²) in [5, 5.41) is 14.6. The zero-order chi connectivity index (χ0) is 16.5. The SMILES string of the molecule is CC(C(=O)NCc1nc(-c2cc(C3CC3)on2)no1)n1cccn1. The van der Waals surface area contributed by atoms with Crippen molar-refractivity contribution in [2.75, 3.05) is 0 Å². The molecule has 1 aliphatic rings. The van der Waals surface area contributed by atoms with Crippen molar-refractivity contribution in [2.45, 2.75) is 38.3 Å². The summed E-state index contributed by atoms with van der Waals surface area (Å²) in [6, 6.07) is 3.19. The van der Waals surface area contributed by atoms with Crippen molar-refractivity contribution in [3.05, 3.63) is 36.2 Å². The lowest BCUT2D eigenvalue weighted by atomic mass is 10.3. The average molecular weight is 328 g/mol. The van der Waals surface area contributed by atoms with Crippen LogP contribution in [0.2, 0.25) is 0 Å². The quantitative estimate of drug-likeness (QED) is 0.732. The van der Waals surface area contributed by atoms with E-state index in [1.807, 2.05) is 6.07 Å². The molecule has 1 N–H and O–H groups in total. The Labute approximate surface area is 137 Å². The van der Waals surface area contributed by atoms with Crippen molar-refractivity contribution < 1.29 is 13.8 Å². The molecule has 4 rings (SSSR count). The maximum Gasteiger partial charge on any atom is 0.246 e. The zero-order valence-electron chi connectivity index (χ0n) is 13.0. The van der Waals surface area contributed by atoms with Crippen molar-refractivity contribution in [1.82, 2.24) is 30.4 Å². The van der Waals surface area contributed by atoms with Gasteiger partial charge in [0.2, 0.25) is 17.6 Å². The Bertz CT molecular complexity index is 833. The fourth-order valence-electron chi connectivity index (χ4n) is 2.33. The highest BCUT2D eigenvalue weighted by molar-refractivity contribution is 5.79. The molecule has 9 nitrogen and oxygen atoms in total. The molecule has 3 aromatic heterocycles. The summed E-state index contributed by atoms with van der Waals surface area (Å²) in [6.45, 7) is 1.90. The lowest BCUT2D eigenvalue weighted by Crippen LogP contribution is -2.30. The number of hydrogen-bond acceptors (Lipinski definition) is 7. The Morgan fingerprint density at radius 2 is 2.29 bits per heavy atom. The third-order valence-corrected chi connectivity index (χ3v) is 3.92. The van der Waals surface area contributed by atoms with Crippen LogP contribution in [-0.2, 0) is 11.3 Å². The second kappa shape index (κ2) is 5.91.